The van der Waals surface area contributed by atoms with E-state index in [0.717, 1.165) is 17.0 Å². The van der Waals surface area contributed by atoms with Crippen LogP contribution >= 0.6 is 0 Å². The summed E-state index contributed by atoms with van der Waals surface area (Å²) in [5.41, 5.74) is 10.8. The number of hydrazine groups is 1. The van der Waals surface area contributed by atoms with Crippen molar-refractivity contribution in [1.29, 1.82) is 0 Å². The fourth-order valence-electron chi connectivity index (χ4n) is 3.43. The first kappa shape index (κ1) is 28.1. The van der Waals surface area contributed by atoms with Gasteiger partial charge in [-0.3, -0.25) is 15.3 Å². The molecule has 202 valence electrons. The number of amides is 1. The van der Waals surface area contributed by atoms with Gasteiger partial charge in [-0.1, -0.05) is 12.6 Å². The van der Waals surface area contributed by atoms with Crippen molar-refractivity contribution in [3.63, 3.8) is 0 Å². The minimum atomic E-state index is -3.14. The first-order chi connectivity index (χ1) is 18.1. The number of fused-ring (bicyclic) bond motifs is 1. The molecule has 0 bridgehead atoms. The average Bonchev–Trinajstić information content (AvgIpc) is 3.24. The molecule has 0 unspecified atom stereocenters. The second kappa shape index (κ2) is 12.7. The summed E-state index contributed by atoms with van der Waals surface area (Å²) in [6.45, 7) is 1.05. The highest BCUT2D eigenvalue weighted by atomic mass is 19.3. The third kappa shape index (κ3) is 7.27. The molecule has 3 aromatic rings. The van der Waals surface area contributed by atoms with Crippen molar-refractivity contribution < 1.29 is 23.0 Å². The third-order valence-electron chi connectivity index (χ3n) is 5.27. The molecule has 1 aromatic heterocycles. The van der Waals surface area contributed by atoms with Gasteiger partial charge in [0.15, 0.2) is 5.75 Å². The Morgan fingerprint density at radius 2 is 2.05 bits per heavy atom. The van der Waals surface area contributed by atoms with Crippen LogP contribution in [0.3, 0.4) is 0 Å². The number of hydrogen-bond donors (Lipinski definition) is 4. The predicted molar refractivity (Wildman–Crippen MR) is 143 cm³/mol. The van der Waals surface area contributed by atoms with Gasteiger partial charge in [0.05, 0.1) is 23.1 Å². The molecule has 3 rings (SSSR count). The highest BCUT2D eigenvalue weighted by molar-refractivity contribution is 6.02. The van der Waals surface area contributed by atoms with Crippen LogP contribution < -0.4 is 31.8 Å². The first-order valence-electron chi connectivity index (χ1n) is 11.4. The Balaban J connectivity index is 2.03. The van der Waals surface area contributed by atoms with Crippen molar-refractivity contribution in [2.45, 2.75) is 6.61 Å². The predicted octanol–water partition coefficient (Wildman–Crippen LogP) is 2.73. The van der Waals surface area contributed by atoms with Gasteiger partial charge in [-0.2, -0.15) is 13.9 Å². The van der Waals surface area contributed by atoms with Gasteiger partial charge in [0, 0.05) is 31.1 Å². The molecule has 0 saturated heterocycles. The fourth-order valence-corrected chi connectivity index (χ4v) is 3.43. The number of halogens is 2. The monoisotopic (exact) mass is 528 g/mol. The van der Waals surface area contributed by atoms with E-state index < -0.39 is 12.5 Å². The summed E-state index contributed by atoms with van der Waals surface area (Å²) in [5, 5.41) is 7.68. The molecule has 0 aliphatic heterocycles. The SMILES string of the molecule is C=CC(=O)Nc1cc(N=C(N)/C=C(\NN)c2ccc3c(cnn3C)c2)c(OC(F)F)cc1OCCN(C)C. The average molecular weight is 529 g/mol. The van der Waals surface area contributed by atoms with Crippen molar-refractivity contribution in [2.24, 2.45) is 23.6 Å². The second-order valence-electron chi connectivity index (χ2n) is 8.32. The van der Waals surface area contributed by atoms with E-state index in [4.69, 9.17) is 16.3 Å². The van der Waals surface area contributed by atoms with Crippen LogP contribution in [0, 0.1) is 0 Å². The number of carbonyl (C=O) groups excluding carboxylic acids is 1. The van der Waals surface area contributed by atoms with Crippen molar-refractivity contribution in [1.82, 2.24) is 20.1 Å². The topological polar surface area (TPSA) is 145 Å². The number of aliphatic imine (C=N–C) groups is 1. The van der Waals surface area contributed by atoms with E-state index in [1.54, 1.807) is 10.9 Å². The summed E-state index contributed by atoms with van der Waals surface area (Å²) in [4.78, 5) is 18.1. The van der Waals surface area contributed by atoms with Gasteiger partial charge in [0.25, 0.3) is 0 Å². The van der Waals surface area contributed by atoms with E-state index in [9.17, 15) is 13.6 Å². The van der Waals surface area contributed by atoms with Crippen LogP contribution in [0.2, 0.25) is 0 Å². The lowest BCUT2D eigenvalue weighted by atomic mass is 10.1. The molecular formula is C25H30F2N8O3. The smallest absolute Gasteiger partial charge is 0.387 e. The van der Waals surface area contributed by atoms with E-state index in [1.807, 2.05) is 44.2 Å². The summed E-state index contributed by atoms with van der Waals surface area (Å²) in [7, 11) is 5.53. The molecule has 38 heavy (non-hydrogen) atoms. The Labute approximate surface area is 218 Å². The first-order valence-corrected chi connectivity index (χ1v) is 11.4. The van der Waals surface area contributed by atoms with Crippen molar-refractivity contribution in [2.75, 3.05) is 32.6 Å². The fraction of sp³-hybridized carbons (Fsp3) is 0.240. The molecule has 11 nitrogen and oxygen atoms in total. The Morgan fingerprint density at radius 3 is 2.71 bits per heavy atom. The Kier molecular flexibility index (Phi) is 9.35. The zero-order valence-corrected chi connectivity index (χ0v) is 21.2. The number of nitrogens with two attached hydrogens (primary N) is 2. The Hall–Kier alpha value is -4.49. The Morgan fingerprint density at radius 1 is 1.29 bits per heavy atom. The zero-order chi connectivity index (χ0) is 27.8. The molecule has 0 fully saturated rings. The normalized spacial score (nSPS) is 12.2. The Bertz CT molecular complexity index is 1370. The number of ether oxygens (including phenoxy) is 2. The molecule has 0 aliphatic rings. The van der Waals surface area contributed by atoms with Crippen LogP contribution in [-0.4, -0.2) is 60.3 Å². The second-order valence-corrected chi connectivity index (χ2v) is 8.32. The molecule has 13 heteroatoms. The molecule has 2 aromatic carbocycles. The number of hydrogen-bond acceptors (Lipinski definition) is 8. The van der Waals surface area contributed by atoms with Crippen molar-refractivity contribution >= 4 is 39.7 Å². The number of nitrogens with zero attached hydrogens (tertiary/aromatic N) is 4. The lowest BCUT2D eigenvalue weighted by Gasteiger charge is -2.17. The number of nitrogens with one attached hydrogen (secondary N) is 2. The van der Waals surface area contributed by atoms with E-state index in [2.05, 4.69) is 32.1 Å². The van der Waals surface area contributed by atoms with Crippen molar-refractivity contribution in [3.05, 3.63) is 60.8 Å². The molecule has 6 N–H and O–H groups in total. The van der Waals surface area contributed by atoms with Gasteiger partial charge >= 0.3 is 6.61 Å². The molecule has 0 atom stereocenters. The zero-order valence-electron chi connectivity index (χ0n) is 21.2. The van der Waals surface area contributed by atoms with Gasteiger partial charge < -0.3 is 30.8 Å². The molecule has 0 saturated carbocycles. The highest BCUT2D eigenvalue weighted by Crippen LogP contribution is 2.39. The molecule has 0 spiro atoms. The van der Waals surface area contributed by atoms with Gasteiger partial charge in [-0.15, -0.1) is 0 Å². The van der Waals surface area contributed by atoms with Crippen LogP contribution in [0.4, 0.5) is 20.2 Å². The number of alkyl halides is 2. The summed E-state index contributed by atoms with van der Waals surface area (Å²) in [5.74, 6) is 4.92. The summed E-state index contributed by atoms with van der Waals surface area (Å²) in [6, 6.07) is 8.08. The highest BCUT2D eigenvalue weighted by Gasteiger charge is 2.17. The molecule has 0 radical (unpaired) electrons. The van der Waals surface area contributed by atoms with Crippen molar-refractivity contribution in [3.8, 4) is 11.5 Å². The standard InChI is InChI=1S/C25H30F2N8O3/c1-5-24(36)32-18-11-19(22(38-25(26)27)13-21(18)37-9-8-34(2)3)31-23(28)12-17(33-29)15-6-7-20-16(10-15)14-30-35(20)4/h5-7,10-14,25,33H,1,8-9,29H2,2-4H3,(H2,28,31)(H,32,36)/b17-12-. The minimum absolute atomic E-state index is 0.0718. The summed E-state index contributed by atoms with van der Waals surface area (Å²) in [6.07, 6.45) is 4.21. The third-order valence-corrected chi connectivity index (χ3v) is 5.27. The number of rotatable bonds is 12. The van der Waals surface area contributed by atoms with E-state index in [-0.39, 0.29) is 35.3 Å². The minimum Gasteiger partial charge on any atom is -0.490 e. The summed E-state index contributed by atoms with van der Waals surface area (Å²) < 4.78 is 38.6. The number of carbonyl (C=O) groups is 1. The maximum Gasteiger partial charge on any atom is 0.387 e. The van der Waals surface area contributed by atoms with E-state index in [0.29, 0.717) is 17.8 Å². The molecule has 1 heterocycles. The maximum atomic E-state index is 13.2. The number of aryl methyl sites for hydroxylation is 1. The number of amidine groups is 1. The van der Waals surface area contributed by atoms with Crippen LogP contribution in [0.15, 0.2) is 60.3 Å². The van der Waals surface area contributed by atoms with E-state index >= 15 is 0 Å². The van der Waals surface area contributed by atoms with Crippen LogP contribution in [-0.2, 0) is 11.8 Å². The molecular weight excluding hydrogens is 498 g/mol. The lowest BCUT2D eigenvalue weighted by molar-refractivity contribution is -0.111. The maximum absolute atomic E-state index is 13.2. The molecule has 1 amide bonds. The summed E-state index contributed by atoms with van der Waals surface area (Å²) >= 11 is 0. The lowest BCUT2D eigenvalue weighted by Crippen LogP contribution is -2.22. The number of anilines is 1. The number of likely N-dealkylation sites (N-methyl/N-ethyl adjacent to an activating group) is 1. The van der Waals surface area contributed by atoms with Crippen LogP contribution in [0.5, 0.6) is 11.5 Å². The largest absolute Gasteiger partial charge is 0.490 e. The van der Waals surface area contributed by atoms with Gasteiger partial charge in [0.1, 0.15) is 23.9 Å². The van der Waals surface area contributed by atoms with Gasteiger partial charge in [-0.25, -0.2) is 4.99 Å². The number of benzene rings is 2. The van der Waals surface area contributed by atoms with E-state index in [1.165, 1.54) is 18.2 Å². The number of aromatic nitrogens is 2. The molecule has 0 aliphatic carbocycles. The van der Waals surface area contributed by atoms with Gasteiger partial charge in [0.2, 0.25) is 5.91 Å². The van der Waals surface area contributed by atoms with Gasteiger partial charge in [-0.05, 0) is 43.9 Å². The van der Waals surface area contributed by atoms with Crippen LogP contribution in [0.1, 0.15) is 5.56 Å². The van der Waals surface area contributed by atoms with Crippen LogP contribution in [0.25, 0.3) is 16.6 Å². The quantitative estimate of drug-likeness (QED) is 0.0923.